The van der Waals surface area contributed by atoms with Crippen LogP contribution in [-0.2, 0) is 10.0 Å². The molecule has 192 valence electrons. The zero-order valence-corrected chi connectivity index (χ0v) is 21.2. The molecule has 0 saturated carbocycles. The monoisotopic (exact) mass is 530 g/mol. The highest BCUT2D eigenvalue weighted by Crippen LogP contribution is 2.39. The van der Waals surface area contributed by atoms with Crippen LogP contribution in [0.1, 0.15) is 26.3 Å². The van der Waals surface area contributed by atoms with Gasteiger partial charge in [0.2, 0.25) is 10.0 Å². The minimum absolute atomic E-state index is 0.288. The van der Waals surface area contributed by atoms with E-state index in [-0.39, 0.29) is 11.5 Å². The average Bonchev–Trinajstić information content (AvgIpc) is 3.23. The minimum Gasteiger partial charge on any atom is -0.366 e. The Labute approximate surface area is 217 Å². The van der Waals surface area contributed by atoms with Gasteiger partial charge in [-0.3, -0.25) is 14.3 Å². The molecule has 1 aromatic heterocycles. The molecule has 0 radical (unpaired) electrons. The number of hydrogen-bond donors (Lipinski definition) is 4. The third-order valence-corrected chi connectivity index (χ3v) is 6.91. The summed E-state index contributed by atoms with van der Waals surface area (Å²) in [6.45, 7) is 1.87. The predicted molar refractivity (Wildman–Crippen MR) is 147 cm³/mol. The second-order valence-corrected chi connectivity index (χ2v) is 10.7. The topological polar surface area (TPSA) is 134 Å². The van der Waals surface area contributed by atoms with E-state index in [1.165, 1.54) is 24.3 Å². The van der Waals surface area contributed by atoms with E-state index in [0.29, 0.717) is 28.0 Å². The molecule has 0 unspecified atom stereocenters. The Kier molecular flexibility index (Phi) is 6.12. The van der Waals surface area contributed by atoms with E-state index in [1.807, 2.05) is 13.0 Å². The number of rotatable bonds is 6. The van der Waals surface area contributed by atoms with Crippen molar-refractivity contribution < 1.29 is 22.4 Å². The van der Waals surface area contributed by atoms with Crippen LogP contribution in [0.25, 0.3) is 32.9 Å². The van der Waals surface area contributed by atoms with Crippen LogP contribution < -0.4 is 15.8 Å². The van der Waals surface area contributed by atoms with Gasteiger partial charge in [0.1, 0.15) is 5.82 Å². The molecule has 2 amide bonds. The Balaban J connectivity index is 1.65. The van der Waals surface area contributed by atoms with Crippen LogP contribution in [0, 0.1) is 12.7 Å². The molecular formula is C28H23FN4O4S. The molecule has 0 aliphatic carbocycles. The second-order valence-electron chi connectivity index (χ2n) is 8.97. The van der Waals surface area contributed by atoms with Crippen molar-refractivity contribution in [1.29, 1.82) is 0 Å². The Morgan fingerprint density at radius 2 is 1.68 bits per heavy atom. The summed E-state index contributed by atoms with van der Waals surface area (Å²) in [5.41, 5.74) is 10.7. The lowest BCUT2D eigenvalue weighted by Gasteiger charge is -2.15. The molecule has 4 aromatic carbocycles. The number of aromatic nitrogens is 1. The Hall–Kier alpha value is -4.70. The summed E-state index contributed by atoms with van der Waals surface area (Å²) in [7, 11) is -3.48. The number of carbonyl (C=O) groups excluding carboxylic acids is 2. The summed E-state index contributed by atoms with van der Waals surface area (Å²) in [5.74, 6) is -1.42. The van der Waals surface area contributed by atoms with Crippen LogP contribution in [0.3, 0.4) is 0 Å². The number of carbonyl (C=O) groups is 2. The number of aromatic amines is 1. The first-order valence-electron chi connectivity index (χ1n) is 11.5. The highest BCUT2D eigenvalue weighted by Gasteiger charge is 2.19. The highest BCUT2D eigenvalue weighted by atomic mass is 32.2. The number of sulfonamides is 1. The van der Waals surface area contributed by atoms with Gasteiger partial charge in [-0.2, -0.15) is 0 Å². The number of hydrogen-bond acceptors (Lipinski definition) is 4. The normalized spacial score (nSPS) is 11.6. The van der Waals surface area contributed by atoms with Crippen molar-refractivity contribution in [2.75, 3.05) is 16.3 Å². The maximum absolute atomic E-state index is 13.3. The number of nitrogens with two attached hydrogens (primary N) is 1. The zero-order valence-electron chi connectivity index (χ0n) is 20.4. The van der Waals surface area contributed by atoms with Gasteiger partial charge in [0.15, 0.2) is 0 Å². The fraction of sp³-hybridized carbons (Fsp3) is 0.0714. The number of anilines is 2. The van der Waals surface area contributed by atoms with Crippen molar-refractivity contribution >= 4 is 55.0 Å². The zero-order chi connectivity index (χ0) is 27.2. The maximum atomic E-state index is 13.3. The number of benzene rings is 4. The van der Waals surface area contributed by atoms with E-state index >= 15 is 0 Å². The third-order valence-electron chi connectivity index (χ3n) is 6.30. The molecular weight excluding hydrogens is 507 g/mol. The summed E-state index contributed by atoms with van der Waals surface area (Å²) in [4.78, 5) is 28.2. The number of primary amides is 1. The van der Waals surface area contributed by atoms with Crippen LogP contribution in [0.15, 0.2) is 72.8 Å². The van der Waals surface area contributed by atoms with Gasteiger partial charge in [-0.15, -0.1) is 0 Å². The SMILES string of the molecule is Cc1c(NC(=O)c2ccc(F)cc2)cccc1-c1ccc(C(N)=O)c2[nH]c3cc(NS(C)(=O)=O)ccc3c12. The van der Waals surface area contributed by atoms with Gasteiger partial charge in [-0.1, -0.05) is 24.3 Å². The summed E-state index contributed by atoms with van der Waals surface area (Å²) >= 11 is 0. The Morgan fingerprint density at radius 1 is 0.947 bits per heavy atom. The summed E-state index contributed by atoms with van der Waals surface area (Å²) in [6.07, 6.45) is 1.07. The first-order chi connectivity index (χ1) is 18.0. The Bertz CT molecular complexity index is 1860. The largest absolute Gasteiger partial charge is 0.366 e. The lowest BCUT2D eigenvalue weighted by atomic mass is 9.93. The van der Waals surface area contributed by atoms with Crippen molar-refractivity contribution in [3.63, 3.8) is 0 Å². The number of nitrogens with one attached hydrogen (secondary N) is 3. The second kappa shape index (κ2) is 9.31. The molecule has 0 fully saturated rings. The van der Waals surface area contributed by atoms with Crippen LogP contribution in [0.4, 0.5) is 15.8 Å². The third kappa shape index (κ3) is 4.69. The molecule has 38 heavy (non-hydrogen) atoms. The number of fused-ring (bicyclic) bond motifs is 3. The van der Waals surface area contributed by atoms with Crippen LogP contribution in [0.5, 0.6) is 0 Å². The number of amides is 2. The van der Waals surface area contributed by atoms with Gasteiger partial charge >= 0.3 is 0 Å². The van der Waals surface area contributed by atoms with E-state index in [4.69, 9.17) is 5.73 Å². The van der Waals surface area contributed by atoms with Crippen LogP contribution >= 0.6 is 0 Å². The highest BCUT2D eigenvalue weighted by molar-refractivity contribution is 7.92. The molecule has 0 saturated heterocycles. The molecule has 0 aliphatic heterocycles. The van der Waals surface area contributed by atoms with Gasteiger partial charge in [0, 0.05) is 27.5 Å². The fourth-order valence-electron chi connectivity index (χ4n) is 4.58. The van der Waals surface area contributed by atoms with E-state index in [0.717, 1.165) is 33.7 Å². The van der Waals surface area contributed by atoms with E-state index in [9.17, 15) is 22.4 Å². The van der Waals surface area contributed by atoms with Crippen molar-refractivity contribution in [2.24, 2.45) is 5.73 Å². The van der Waals surface area contributed by atoms with Crippen molar-refractivity contribution in [3.05, 3.63) is 95.3 Å². The van der Waals surface area contributed by atoms with E-state index < -0.39 is 21.7 Å². The molecule has 0 bridgehead atoms. The molecule has 1 heterocycles. The first-order valence-corrected chi connectivity index (χ1v) is 13.4. The molecule has 0 atom stereocenters. The first kappa shape index (κ1) is 25.0. The van der Waals surface area contributed by atoms with Gasteiger partial charge in [-0.05, 0) is 72.1 Å². The van der Waals surface area contributed by atoms with Gasteiger partial charge in [0.25, 0.3) is 11.8 Å². The molecule has 0 spiro atoms. The van der Waals surface area contributed by atoms with Gasteiger partial charge in [0.05, 0.1) is 23.0 Å². The van der Waals surface area contributed by atoms with Crippen molar-refractivity contribution in [1.82, 2.24) is 4.98 Å². The lowest BCUT2D eigenvalue weighted by molar-refractivity contribution is 0.0998. The van der Waals surface area contributed by atoms with E-state index in [1.54, 1.807) is 42.5 Å². The quantitative estimate of drug-likeness (QED) is 0.241. The minimum atomic E-state index is -3.48. The van der Waals surface area contributed by atoms with Gasteiger partial charge in [-0.25, -0.2) is 12.8 Å². The predicted octanol–water partition coefficient (Wildman–Crippen LogP) is 5.16. The van der Waals surface area contributed by atoms with Crippen molar-refractivity contribution in [2.45, 2.75) is 6.92 Å². The fourth-order valence-corrected chi connectivity index (χ4v) is 5.13. The smallest absolute Gasteiger partial charge is 0.255 e. The van der Waals surface area contributed by atoms with Crippen LogP contribution in [-0.4, -0.2) is 31.5 Å². The van der Waals surface area contributed by atoms with Gasteiger partial charge < -0.3 is 16.0 Å². The molecule has 0 aliphatic rings. The molecule has 8 nitrogen and oxygen atoms in total. The molecule has 5 rings (SSSR count). The van der Waals surface area contributed by atoms with Crippen molar-refractivity contribution in [3.8, 4) is 11.1 Å². The molecule has 5 aromatic rings. The van der Waals surface area contributed by atoms with E-state index in [2.05, 4.69) is 15.0 Å². The summed E-state index contributed by atoms with van der Waals surface area (Å²) in [6, 6.07) is 19.2. The lowest BCUT2D eigenvalue weighted by Crippen LogP contribution is -2.13. The Morgan fingerprint density at radius 3 is 2.37 bits per heavy atom. The van der Waals surface area contributed by atoms with Crippen LogP contribution in [0.2, 0.25) is 0 Å². The molecule has 5 N–H and O–H groups in total. The summed E-state index contributed by atoms with van der Waals surface area (Å²) < 4.78 is 39.2. The number of halogens is 1. The summed E-state index contributed by atoms with van der Waals surface area (Å²) in [5, 5.41) is 4.38. The average molecular weight is 531 g/mol. The molecule has 10 heteroatoms. The standard InChI is InChI=1S/C28H23FN4O4S/c1-15-19(4-3-5-23(15)32-28(35)16-6-8-17(29)9-7-16)20-12-13-22(27(30)34)26-25(20)21-11-10-18(14-24(21)31-26)33-38(2,36)37/h3-14,31,33H,1-2H3,(H2,30,34)(H,32,35). The number of H-pyrrole nitrogens is 1. The maximum Gasteiger partial charge on any atom is 0.255 e.